The number of guanidine groups is 1. The van der Waals surface area contributed by atoms with E-state index in [1.807, 2.05) is 6.07 Å². The van der Waals surface area contributed by atoms with Gasteiger partial charge in [0.25, 0.3) is 0 Å². The molecule has 2 fully saturated rings. The van der Waals surface area contributed by atoms with Gasteiger partial charge < -0.3 is 47.3 Å². The maximum absolute atomic E-state index is 13.2. The van der Waals surface area contributed by atoms with Gasteiger partial charge in [0.15, 0.2) is 29.3 Å². The Morgan fingerprint density at radius 3 is 2.77 bits per heavy atom. The number of aliphatic imine (C=N–C) groups is 1. The van der Waals surface area contributed by atoms with Crippen LogP contribution in [-0.4, -0.2) is 90.6 Å². The van der Waals surface area contributed by atoms with Gasteiger partial charge in [0.1, 0.15) is 6.04 Å². The zero-order valence-corrected chi connectivity index (χ0v) is 25.3. The Labute approximate surface area is 256 Å². The summed E-state index contributed by atoms with van der Waals surface area (Å²) in [4.78, 5) is 56.1. The number of nitrogens with two attached hydrogens (primary N) is 3. The van der Waals surface area contributed by atoms with Crippen molar-refractivity contribution < 1.29 is 33.8 Å². The predicted octanol–water partition coefficient (Wildman–Crippen LogP) is -0.574. The van der Waals surface area contributed by atoms with Crippen LogP contribution in [0.4, 0.5) is 4.79 Å². The average Bonchev–Trinajstić information content (AvgIpc) is 3.35. The van der Waals surface area contributed by atoms with E-state index in [0.29, 0.717) is 43.9 Å². The van der Waals surface area contributed by atoms with E-state index < -0.39 is 41.1 Å². The fourth-order valence-corrected chi connectivity index (χ4v) is 7.74. The van der Waals surface area contributed by atoms with Gasteiger partial charge in [-0.25, -0.2) is 4.79 Å². The molecule has 44 heavy (non-hydrogen) atoms. The average molecular weight is 614 g/mol. The van der Waals surface area contributed by atoms with Gasteiger partial charge in [0.2, 0.25) is 11.8 Å². The molecule has 1 aromatic rings. The number of carbonyl (C=O) groups excluding carboxylic acids is 4. The molecular formula is C30H43N7O7. The van der Waals surface area contributed by atoms with E-state index in [0.717, 1.165) is 17.5 Å². The Kier molecular flexibility index (Phi) is 8.76. The molecule has 0 saturated heterocycles. The Balaban J connectivity index is 1.24. The summed E-state index contributed by atoms with van der Waals surface area (Å²) in [7, 11) is 1.53. The first-order valence-corrected chi connectivity index (χ1v) is 15.3. The van der Waals surface area contributed by atoms with Gasteiger partial charge >= 0.3 is 6.09 Å². The molecule has 3 amide bonds. The van der Waals surface area contributed by atoms with E-state index >= 15 is 0 Å². The van der Waals surface area contributed by atoms with Gasteiger partial charge in [-0.3, -0.25) is 19.4 Å². The number of aliphatic hydroxyl groups is 1. The quantitative estimate of drug-likeness (QED) is 0.106. The van der Waals surface area contributed by atoms with E-state index in [-0.39, 0.29) is 55.9 Å². The molecule has 1 aliphatic heterocycles. The normalized spacial score (nSPS) is 28.2. The molecule has 1 spiro atoms. The largest absolute Gasteiger partial charge is 0.477 e. The third kappa shape index (κ3) is 5.34. The highest BCUT2D eigenvalue weighted by atomic mass is 16.6. The van der Waals surface area contributed by atoms with E-state index in [4.69, 9.17) is 26.7 Å². The number of Topliss-reactive ketones (excluding diaryl/α,β-unsaturated/α-hetero) is 1. The standard InChI is InChI=1S/C30H43N7O7/c1-16-7-9-29-23-17-5-6-21(24(23)44-25(29)20(38)8-10-30(29,42)18(16)14-17)43-28(41)37(2)13-12-34-26(40)19(36-22(39)15-31)4-3-11-35-27(32)33/h5-6,16,18-19,25,42H,3-4,7-15,31H2,1-2H3,(H,34,40)(H,36,39)(H4,32,33,35)/t16-,18+,19+,25+,29+,30-/m1/s1. The van der Waals surface area contributed by atoms with E-state index in [1.165, 1.54) is 11.9 Å². The molecule has 2 bridgehead atoms. The smallest absolute Gasteiger partial charge is 0.415 e. The SMILES string of the molecule is C[C@@H]1CC[C@]23c4c5ccc(OC(=O)N(C)CCNC(=O)[C@H](CCCN=C(N)N)NC(=O)CN)c4O[C@H]2C(=O)CC[C@@]3(O)[C@H]1C5. The molecule has 0 aromatic heterocycles. The number of hydrogen-bond acceptors (Lipinski definition) is 9. The van der Waals surface area contributed by atoms with Crippen molar-refractivity contribution in [3.63, 3.8) is 0 Å². The van der Waals surface area contributed by atoms with Gasteiger partial charge in [-0.1, -0.05) is 13.0 Å². The molecule has 3 aliphatic carbocycles. The summed E-state index contributed by atoms with van der Waals surface area (Å²) in [5.74, 6) is -0.0958. The number of nitrogens with one attached hydrogen (secondary N) is 2. The Hall–Kier alpha value is -3.91. The van der Waals surface area contributed by atoms with Crippen LogP contribution < -0.4 is 37.3 Å². The second kappa shape index (κ2) is 12.2. The van der Waals surface area contributed by atoms with Crippen molar-refractivity contribution in [3.05, 3.63) is 23.3 Å². The number of ether oxygens (including phenoxy) is 2. The Morgan fingerprint density at radius 1 is 1.27 bits per heavy atom. The number of hydrogen-bond donors (Lipinski definition) is 6. The highest BCUT2D eigenvalue weighted by Gasteiger charge is 2.72. The zero-order valence-electron chi connectivity index (χ0n) is 25.3. The second-order valence-electron chi connectivity index (χ2n) is 12.5. The number of ketones is 1. The molecule has 0 unspecified atom stereocenters. The van der Waals surface area contributed by atoms with Crippen LogP contribution in [-0.2, 0) is 26.2 Å². The molecular weight excluding hydrogens is 570 g/mol. The lowest BCUT2D eigenvalue weighted by atomic mass is 9.44. The molecule has 4 aliphatic rings. The van der Waals surface area contributed by atoms with Crippen LogP contribution in [0.15, 0.2) is 17.1 Å². The Morgan fingerprint density at radius 2 is 2.05 bits per heavy atom. The minimum Gasteiger partial charge on any atom is -0.477 e. The van der Waals surface area contributed by atoms with Gasteiger partial charge in [-0.2, -0.15) is 0 Å². The fourth-order valence-electron chi connectivity index (χ4n) is 7.74. The van der Waals surface area contributed by atoms with Crippen LogP contribution in [0, 0.1) is 11.8 Å². The number of benzene rings is 1. The molecule has 2 saturated carbocycles. The molecule has 240 valence electrons. The predicted molar refractivity (Wildman–Crippen MR) is 160 cm³/mol. The molecule has 14 nitrogen and oxygen atoms in total. The molecule has 1 aromatic carbocycles. The van der Waals surface area contributed by atoms with E-state index in [1.54, 1.807) is 6.07 Å². The van der Waals surface area contributed by atoms with Crippen molar-refractivity contribution in [1.82, 2.24) is 15.5 Å². The van der Waals surface area contributed by atoms with Crippen LogP contribution in [0.25, 0.3) is 0 Å². The zero-order chi connectivity index (χ0) is 31.8. The highest BCUT2D eigenvalue weighted by molar-refractivity contribution is 5.90. The van der Waals surface area contributed by atoms with Crippen molar-refractivity contribution in [2.75, 3.05) is 33.2 Å². The molecule has 5 rings (SSSR count). The molecule has 1 heterocycles. The van der Waals surface area contributed by atoms with Crippen molar-refractivity contribution in [1.29, 1.82) is 0 Å². The Bertz CT molecular complexity index is 1370. The van der Waals surface area contributed by atoms with Crippen LogP contribution in [0.5, 0.6) is 11.5 Å². The van der Waals surface area contributed by atoms with Crippen LogP contribution >= 0.6 is 0 Å². The van der Waals surface area contributed by atoms with Gasteiger partial charge in [0, 0.05) is 38.7 Å². The maximum Gasteiger partial charge on any atom is 0.415 e. The molecule has 6 atom stereocenters. The van der Waals surface area contributed by atoms with E-state index in [9.17, 15) is 24.3 Å². The van der Waals surface area contributed by atoms with E-state index in [2.05, 4.69) is 22.5 Å². The molecule has 14 heteroatoms. The van der Waals surface area contributed by atoms with Gasteiger partial charge in [-0.05, 0) is 62.0 Å². The van der Waals surface area contributed by atoms with Crippen LogP contribution in [0.2, 0.25) is 0 Å². The third-order valence-electron chi connectivity index (χ3n) is 9.93. The van der Waals surface area contributed by atoms with Crippen LogP contribution in [0.3, 0.4) is 0 Å². The lowest BCUT2D eigenvalue weighted by Gasteiger charge is -2.61. The summed E-state index contributed by atoms with van der Waals surface area (Å²) in [6, 6.07) is 2.76. The summed E-state index contributed by atoms with van der Waals surface area (Å²) in [6.45, 7) is 2.40. The molecule has 0 radical (unpaired) electrons. The number of amides is 3. The fraction of sp³-hybridized carbons (Fsp3) is 0.633. The topological polar surface area (TPSA) is 225 Å². The van der Waals surface area contributed by atoms with Gasteiger partial charge in [-0.15, -0.1) is 0 Å². The minimum absolute atomic E-state index is 0.0325. The molecule has 9 N–H and O–H groups in total. The summed E-state index contributed by atoms with van der Waals surface area (Å²) >= 11 is 0. The maximum atomic E-state index is 13.2. The lowest BCUT2D eigenvalue weighted by molar-refractivity contribution is -0.186. The summed E-state index contributed by atoms with van der Waals surface area (Å²) < 4.78 is 12.1. The first kappa shape index (κ1) is 31.5. The minimum atomic E-state index is -1.05. The summed E-state index contributed by atoms with van der Waals surface area (Å²) in [5, 5.41) is 17.5. The van der Waals surface area contributed by atoms with Gasteiger partial charge in [0.05, 0.1) is 17.6 Å². The van der Waals surface area contributed by atoms with Crippen molar-refractivity contribution >= 4 is 29.7 Å². The van der Waals surface area contributed by atoms with Crippen molar-refractivity contribution in [2.45, 2.75) is 75.0 Å². The number of nitrogens with zero attached hydrogens (tertiary/aromatic N) is 2. The number of carbonyl (C=O) groups is 4. The summed E-state index contributed by atoms with van der Waals surface area (Å²) in [6.07, 6.45) is 2.11. The first-order valence-electron chi connectivity index (χ1n) is 15.3. The monoisotopic (exact) mass is 613 g/mol. The lowest BCUT2D eigenvalue weighted by Crippen LogP contribution is -2.71. The van der Waals surface area contributed by atoms with Crippen LogP contribution in [0.1, 0.15) is 56.6 Å². The first-order chi connectivity index (χ1) is 20.9. The second-order valence-corrected chi connectivity index (χ2v) is 12.5. The number of rotatable bonds is 11. The summed E-state index contributed by atoms with van der Waals surface area (Å²) in [5.41, 5.74) is 16.0. The van der Waals surface area contributed by atoms with Crippen molar-refractivity contribution in [3.8, 4) is 11.5 Å². The van der Waals surface area contributed by atoms with Crippen molar-refractivity contribution in [2.24, 2.45) is 34.0 Å². The number of likely N-dealkylation sites (N-methyl/N-ethyl adjacent to an activating group) is 1. The third-order valence-corrected chi connectivity index (χ3v) is 9.93. The highest BCUT2D eigenvalue weighted by Crippen LogP contribution is 2.67.